The number of benzene rings is 1. The molecule has 0 bridgehead atoms. The number of carbonyl (C=O) groups excluding carboxylic acids is 1. The molecule has 1 heterocycles. The highest BCUT2D eigenvalue weighted by atomic mass is 32.2. The van der Waals surface area contributed by atoms with Crippen LogP contribution in [0, 0.1) is 0 Å². The van der Waals surface area contributed by atoms with E-state index >= 15 is 0 Å². The first-order valence-corrected chi connectivity index (χ1v) is 5.67. The average Bonchev–Trinajstić information content (AvgIpc) is 2.26. The fourth-order valence-corrected chi connectivity index (χ4v) is 2.71. The van der Waals surface area contributed by atoms with Crippen LogP contribution >= 0.6 is 11.8 Å². The monoisotopic (exact) mass is 222 g/mol. The van der Waals surface area contributed by atoms with Crippen LogP contribution in [0.3, 0.4) is 0 Å². The molecular weight excluding hydrogens is 208 g/mol. The molecule has 0 spiro atoms. The molecule has 0 saturated heterocycles. The van der Waals surface area contributed by atoms with Gasteiger partial charge in [-0.3, -0.25) is 4.79 Å². The number of rotatable bonds is 0. The van der Waals surface area contributed by atoms with Crippen LogP contribution < -0.4 is 11.1 Å². The third-order valence-corrected chi connectivity index (χ3v) is 3.91. The minimum absolute atomic E-state index is 0.113. The van der Waals surface area contributed by atoms with Gasteiger partial charge in [0.1, 0.15) is 0 Å². The van der Waals surface area contributed by atoms with Gasteiger partial charge in [-0.1, -0.05) is 12.1 Å². The highest BCUT2D eigenvalue weighted by Gasteiger charge is 2.36. The van der Waals surface area contributed by atoms with Crippen molar-refractivity contribution in [2.75, 3.05) is 5.32 Å². The minimum Gasteiger partial charge on any atom is -0.324 e. The van der Waals surface area contributed by atoms with Gasteiger partial charge in [-0.25, -0.2) is 0 Å². The topological polar surface area (TPSA) is 55.1 Å². The molecular formula is C11H14N2OS. The third kappa shape index (κ3) is 1.87. The van der Waals surface area contributed by atoms with Crippen molar-refractivity contribution in [2.24, 2.45) is 5.73 Å². The number of para-hydroxylation sites is 1. The number of nitrogens with one attached hydrogen (secondary N) is 1. The first kappa shape index (κ1) is 10.5. The van der Waals surface area contributed by atoms with Gasteiger partial charge in [-0.15, -0.1) is 11.8 Å². The predicted molar refractivity (Wildman–Crippen MR) is 63.0 cm³/mol. The van der Waals surface area contributed by atoms with Gasteiger partial charge in [-0.05, 0) is 26.0 Å². The van der Waals surface area contributed by atoms with Crippen molar-refractivity contribution >= 4 is 23.4 Å². The summed E-state index contributed by atoms with van der Waals surface area (Å²) in [6, 6.07) is 7.28. The van der Waals surface area contributed by atoms with E-state index < -0.39 is 6.04 Å². The maximum Gasteiger partial charge on any atom is 0.242 e. The van der Waals surface area contributed by atoms with Crippen molar-refractivity contribution in [3.05, 3.63) is 24.3 Å². The molecule has 1 atom stereocenters. The second kappa shape index (κ2) is 3.54. The molecule has 0 aliphatic carbocycles. The van der Waals surface area contributed by atoms with E-state index in [4.69, 9.17) is 5.73 Å². The fourth-order valence-electron chi connectivity index (χ4n) is 1.53. The molecule has 3 N–H and O–H groups in total. The van der Waals surface area contributed by atoms with E-state index in [-0.39, 0.29) is 10.7 Å². The van der Waals surface area contributed by atoms with Gasteiger partial charge < -0.3 is 11.1 Å². The zero-order valence-electron chi connectivity index (χ0n) is 8.78. The molecule has 4 heteroatoms. The summed E-state index contributed by atoms with van der Waals surface area (Å²) in [5.41, 5.74) is 6.76. The Bertz CT molecular complexity index is 403. The summed E-state index contributed by atoms with van der Waals surface area (Å²) < 4.78 is -0.281. The minimum atomic E-state index is -0.491. The van der Waals surface area contributed by atoms with Crippen LogP contribution in [-0.4, -0.2) is 16.7 Å². The number of carbonyl (C=O) groups is 1. The zero-order valence-corrected chi connectivity index (χ0v) is 9.60. The van der Waals surface area contributed by atoms with Crippen LogP contribution in [-0.2, 0) is 4.79 Å². The van der Waals surface area contributed by atoms with E-state index in [9.17, 15) is 4.79 Å². The van der Waals surface area contributed by atoms with E-state index in [2.05, 4.69) is 5.32 Å². The fraction of sp³-hybridized carbons (Fsp3) is 0.364. The summed E-state index contributed by atoms with van der Waals surface area (Å²) in [4.78, 5) is 12.8. The molecule has 1 aromatic rings. The molecule has 0 saturated carbocycles. The number of amides is 1. The maximum absolute atomic E-state index is 11.7. The van der Waals surface area contributed by atoms with Crippen LogP contribution in [0.15, 0.2) is 29.2 Å². The van der Waals surface area contributed by atoms with E-state index in [0.717, 1.165) is 10.6 Å². The van der Waals surface area contributed by atoms with Crippen molar-refractivity contribution in [3.63, 3.8) is 0 Å². The second-order valence-electron chi connectivity index (χ2n) is 4.17. The molecule has 0 aromatic heterocycles. The van der Waals surface area contributed by atoms with Crippen LogP contribution in [0.4, 0.5) is 5.69 Å². The van der Waals surface area contributed by atoms with Crippen LogP contribution in [0.1, 0.15) is 13.8 Å². The van der Waals surface area contributed by atoms with Crippen molar-refractivity contribution in [2.45, 2.75) is 29.5 Å². The maximum atomic E-state index is 11.7. The summed E-state index contributed by atoms with van der Waals surface area (Å²) in [6.07, 6.45) is 0. The standard InChI is InChI=1S/C11H14N2OS/c1-11(2)9(12)10(14)13-7-5-3-4-6-8(7)15-11/h3-6,9H,12H2,1-2H3,(H,13,14)/t9-/m1/s1. The van der Waals surface area contributed by atoms with Gasteiger partial charge in [0.15, 0.2) is 0 Å². The molecule has 1 aliphatic heterocycles. The Labute approximate surface area is 93.4 Å². The molecule has 0 radical (unpaired) electrons. The molecule has 15 heavy (non-hydrogen) atoms. The summed E-state index contributed by atoms with van der Waals surface area (Å²) in [5.74, 6) is -0.113. The van der Waals surface area contributed by atoms with Gasteiger partial charge in [0.25, 0.3) is 0 Å². The molecule has 0 unspecified atom stereocenters. The normalized spacial score (nSPS) is 23.9. The lowest BCUT2D eigenvalue weighted by molar-refractivity contribution is -0.117. The second-order valence-corrected chi connectivity index (χ2v) is 5.86. The molecule has 1 aromatic carbocycles. The lowest BCUT2D eigenvalue weighted by atomic mass is 10.0. The average molecular weight is 222 g/mol. The number of thioether (sulfide) groups is 1. The lowest BCUT2D eigenvalue weighted by Gasteiger charge is -2.26. The SMILES string of the molecule is CC1(C)Sc2ccccc2NC(=O)[C@H]1N. The largest absolute Gasteiger partial charge is 0.324 e. The third-order valence-electron chi connectivity index (χ3n) is 2.55. The molecule has 2 rings (SSSR count). The number of nitrogens with two attached hydrogens (primary N) is 1. The van der Waals surface area contributed by atoms with Crippen molar-refractivity contribution in [1.82, 2.24) is 0 Å². The smallest absolute Gasteiger partial charge is 0.242 e. The van der Waals surface area contributed by atoms with Crippen molar-refractivity contribution in [1.29, 1.82) is 0 Å². The Morgan fingerprint density at radius 1 is 1.40 bits per heavy atom. The van der Waals surface area contributed by atoms with Crippen LogP contribution in [0.5, 0.6) is 0 Å². The van der Waals surface area contributed by atoms with Crippen LogP contribution in [0.2, 0.25) is 0 Å². The number of fused-ring (bicyclic) bond motifs is 1. The predicted octanol–water partition coefficient (Wildman–Crippen LogP) is 1.84. The summed E-state index contributed by atoms with van der Waals surface area (Å²) in [6.45, 7) is 3.98. The van der Waals surface area contributed by atoms with E-state index in [1.165, 1.54) is 0 Å². The van der Waals surface area contributed by atoms with Crippen molar-refractivity contribution in [3.8, 4) is 0 Å². The van der Waals surface area contributed by atoms with E-state index in [1.54, 1.807) is 11.8 Å². The first-order chi connectivity index (χ1) is 7.00. The number of hydrogen-bond acceptors (Lipinski definition) is 3. The highest BCUT2D eigenvalue weighted by molar-refractivity contribution is 8.01. The van der Waals surface area contributed by atoms with Crippen molar-refractivity contribution < 1.29 is 4.79 Å². The lowest BCUT2D eigenvalue weighted by Crippen LogP contribution is -2.48. The quantitative estimate of drug-likeness (QED) is 0.704. The molecule has 80 valence electrons. The summed E-state index contributed by atoms with van der Waals surface area (Å²) in [5, 5.41) is 2.84. The molecule has 1 aliphatic rings. The Kier molecular flexibility index (Phi) is 2.48. The summed E-state index contributed by atoms with van der Waals surface area (Å²) in [7, 11) is 0. The van der Waals surface area contributed by atoms with E-state index in [0.29, 0.717) is 0 Å². The van der Waals surface area contributed by atoms with Crippen LogP contribution in [0.25, 0.3) is 0 Å². The van der Waals surface area contributed by atoms with Gasteiger partial charge in [0, 0.05) is 9.64 Å². The Hall–Kier alpha value is -1.00. The Morgan fingerprint density at radius 3 is 2.80 bits per heavy atom. The van der Waals surface area contributed by atoms with Gasteiger partial charge >= 0.3 is 0 Å². The molecule has 0 fully saturated rings. The Balaban J connectivity index is 2.46. The number of hydrogen-bond donors (Lipinski definition) is 2. The molecule has 3 nitrogen and oxygen atoms in total. The summed E-state index contributed by atoms with van der Waals surface area (Å²) >= 11 is 1.64. The Morgan fingerprint density at radius 2 is 2.07 bits per heavy atom. The van der Waals surface area contributed by atoms with E-state index in [1.807, 2.05) is 38.1 Å². The molecule has 1 amide bonds. The highest BCUT2D eigenvalue weighted by Crippen LogP contribution is 2.40. The van der Waals surface area contributed by atoms with Gasteiger partial charge in [0.2, 0.25) is 5.91 Å². The zero-order chi connectivity index (χ0) is 11.1. The van der Waals surface area contributed by atoms with Gasteiger partial charge in [0.05, 0.1) is 11.7 Å². The number of anilines is 1. The van der Waals surface area contributed by atoms with Gasteiger partial charge in [-0.2, -0.15) is 0 Å². The first-order valence-electron chi connectivity index (χ1n) is 4.85.